The van der Waals surface area contributed by atoms with E-state index in [4.69, 9.17) is 4.74 Å². The molecule has 0 aliphatic carbocycles. The second-order valence-electron chi connectivity index (χ2n) is 3.22. The molecule has 2 aromatic rings. The minimum Gasteiger partial charge on any atom is -0.496 e. The lowest BCUT2D eigenvalue weighted by Gasteiger charge is -2.07. The Balaban J connectivity index is 2.66. The van der Waals surface area contributed by atoms with Gasteiger partial charge in [-0.25, -0.2) is 9.37 Å². The number of imidazole rings is 1. The molecule has 6 heteroatoms. The molecule has 1 aromatic carbocycles. The lowest BCUT2D eigenvalue weighted by Crippen LogP contribution is -1.92. The second kappa shape index (κ2) is 4.67. The fraction of sp³-hybridized carbons (Fsp3) is 0.0909. The summed E-state index contributed by atoms with van der Waals surface area (Å²) in [5.41, 5.74) is 0.522. The first kappa shape index (κ1) is 11.8. The Kier molecular flexibility index (Phi) is 3.23. The molecule has 4 nitrogen and oxygen atoms in total. The fourth-order valence-electron chi connectivity index (χ4n) is 1.49. The van der Waals surface area contributed by atoms with Crippen LogP contribution in [-0.4, -0.2) is 23.4 Å². The number of carbonyl (C=O) groups is 1. The molecule has 0 unspecified atom stereocenters. The van der Waals surface area contributed by atoms with Crippen molar-refractivity contribution in [3.63, 3.8) is 0 Å². The summed E-state index contributed by atoms with van der Waals surface area (Å²) in [6.07, 6.45) is 0.557. The van der Waals surface area contributed by atoms with Crippen molar-refractivity contribution in [2.75, 3.05) is 7.11 Å². The number of aromatic nitrogens is 2. The summed E-state index contributed by atoms with van der Waals surface area (Å²) in [7, 11) is 1.44. The van der Waals surface area contributed by atoms with Gasteiger partial charge in [-0.1, -0.05) is 6.07 Å². The number of hydrogen-bond acceptors (Lipinski definition) is 3. The standard InChI is InChI=1S/C11H8BrFN2O2/c1-17-7-4-2-3-6(13)9(7)10-11(12)15-8(5-16)14-10/h2-5H,1H3,(H,14,15). The summed E-state index contributed by atoms with van der Waals surface area (Å²) in [4.78, 5) is 17.3. The Morgan fingerprint density at radius 3 is 2.88 bits per heavy atom. The number of benzene rings is 1. The van der Waals surface area contributed by atoms with Crippen LogP contribution in [-0.2, 0) is 0 Å². The van der Waals surface area contributed by atoms with Gasteiger partial charge in [0.2, 0.25) is 0 Å². The number of hydrogen-bond donors (Lipinski definition) is 1. The van der Waals surface area contributed by atoms with Gasteiger partial charge in [-0.15, -0.1) is 0 Å². The van der Waals surface area contributed by atoms with Crippen LogP contribution in [0.1, 0.15) is 10.6 Å². The molecular weight excluding hydrogens is 291 g/mol. The Bertz CT molecular complexity index is 569. The van der Waals surface area contributed by atoms with Gasteiger partial charge in [0.25, 0.3) is 0 Å². The van der Waals surface area contributed by atoms with E-state index in [-0.39, 0.29) is 11.4 Å². The maximum atomic E-state index is 13.8. The number of nitrogens with zero attached hydrogens (tertiary/aromatic N) is 1. The topological polar surface area (TPSA) is 55.0 Å². The molecule has 2 rings (SSSR count). The Labute approximate surface area is 105 Å². The molecular formula is C11H8BrFN2O2. The third kappa shape index (κ3) is 2.08. The van der Waals surface area contributed by atoms with Crippen molar-refractivity contribution in [3.8, 4) is 17.0 Å². The summed E-state index contributed by atoms with van der Waals surface area (Å²) in [5.74, 6) is 0.0147. The first-order chi connectivity index (χ1) is 8.17. The summed E-state index contributed by atoms with van der Waals surface area (Å²) in [5, 5.41) is 0. The van der Waals surface area contributed by atoms with Crippen LogP contribution in [0.25, 0.3) is 11.3 Å². The molecule has 0 bridgehead atoms. The van der Waals surface area contributed by atoms with Crippen molar-refractivity contribution in [3.05, 3.63) is 34.4 Å². The van der Waals surface area contributed by atoms with Gasteiger partial charge in [0.05, 0.1) is 12.7 Å². The maximum absolute atomic E-state index is 13.8. The average molecular weight is 299 g/mol. The van der Waals surface area contributed by atoms with Crippen molar-refractivity contribution in [1.82, 2.24) is 9.97 Å². The summed E-state index contributed by atoms with van der Waals surface area (Å²) >= 11 is 3.19. The van der Waals surface area contributed by atoms with Gasteiger partial charge in [-0.05, 0) is 28.1 Å². The molecule has 0 radical (unpaired) electrons. The van der Waals surface area contributed by atoms with E-state index < -0.39 is 5.82 Å². The molecule has 17 heavy (non-hydrogen) atoms. The molecule has 1 aromatic heterocycles. The zero-order valence-corrected chi connectivity index (χ0v) is 10.4. The van der Waals surface area contributed by atoms with Crippen molar-refractivity contribution in [2.24, 2.45) is 0 Å². The first-order valence-electron chi connectivity index (χ1n) is 4.71. The Morgan fingerprint density at radius 1 is 1.53 bits per heavy atom. The largest absolute Gasteiger partial charge is 0.496 e. The van der Waals surface area contributed by atoms with E-state index in [1.165, 1.54) is 13.2 Å². The van der Waals surface area contributed by atoms with Crippen LogP contribution in [0, 0.1) is 5.82 Å². The van der Waals surface area contributed by atoms with Crippen LogP contribution >= 0.6 is 15.9 Å². The number of nitrogens with one attached hydrogen (secondary N) is 1. The highest BCUT2D eigenvalue weighted by Gasteiger charge is 2.18. The van der Waals surface area contributed by atoms with E-state index in [1.807, 2.05) is 0 Å². The Hall–Kier alpha value is -1.69. The maximum Gasteiger partial charge on any atom is 0.185 e. The number of halogens is 2. The molecule has 0 amide bonds. The number of methoxy groups -OCH3 is 1. The molecule has 0 saturated heterocycles. The van der Waals surface area contributed by atoms with Gasteiger partial charge in [-0.3, -0.25) is 4.79 Å². The van der Waals surface area contributed by atoms with Gasteiger partial charge in [-0.2, -0.15) is 0 Å². The normalized spacial score (nSPS) is 10.3. The zero-order chi connectivity index (χ0) is 12.4. The Morgan fingerprint density at radius 2 is 2.29 bits per heavy atom. The molecule has 1 heterocycles. The first-order valence-corrected chi connectivity index (χ1v) is 5.50. The number of H-pyrrole nitrogens is 1. The van der Waals surface area contributed by atoms with Crippen molar-refractivity contribution >= 4 is 22.2 Å². The SMILES string of the molecule is COc1cccc(F)c1-c1nc(C=O)[nH]c1Br. The molecule has 0 fully saturated rings. The van der Waals surface area contributed by atoms with Crippen molar-refractivity contribution in [1.29, 1.82) is 0 Å². The highest BCUT2D eigenvalue weighted by Crippen LogP contribution is 2.35. The lowest BCUT2D eigenvalue weighted by molar-refractivity contribution is 0.111. The van der Waals surface area contributed by atoms with Gasteiger partial charge in [0.1, 0.15) is 21.9 Å². The summed E-state index contributed by atoms with van der Waals surface area (Å²) < 4.78 is 19.3. The van der Waals surface area contributed by atoms with Crippen LogP contribution < -0.4 is 4.74 Å². The minimum absolute atomic E-state index is 0.122. The molecule has 0 spiro atoms. The van der Waals surface area contributed by atoms with E-state index in [2.05, 4.69) is 25.9 Å². The molecule has 0 aliphatic heterocycles. The van der Waals surface area contributed by atoms with E-state index in [1.54, 1.807) is 12.1 Å². The predicted molar refractivity (Wildman–Crippen MR) is 63.6 cm³/mol. The van der Waals surface area contributed by atoms with Gasteiger partial charge < -0.3 is 9.72 Å². The number of ether oxygens (including phenoxy) is 1. The molecule has 0 atom stereocenters. The highest BCUT2D eigenvalue weighted by molar-refractivity contribution is 9.10. The van der Waals surface area contributed by atoms with Crippen LogP contribution in [0.3, 0.4) is 0 Å². The van der Waals surface area contributed by atoms with E-state index in [9.17, 15) is 9.18 Å². The van der Waals surface area contributed by atoms with Crippen molar-refractivity contribution in [2.45, 2.75) is 0 Å². The van der Waals surface area contributed by atoms with Gasteiger partial charge in [0, 0.05) is 0 Å². The van der Waals surface area contributed by atoms with E-state index in [0.29, 0.717) is 22.3 Å². The predicted octanol–water partition coefficient (Wildman–Crippen LogP) is 2.80. The molecule has 1 N–H and O–H groups in total. The van der Waals surface area contributed by atoms with E-state index >= 15 is 0 Å². The van der Waals surface area contributed by atoms with Gasteiger partial charge in [0.15, 0.2) is 12.1 Å². The lowest BCUT2D eigenvalue weighted by atomic mass is 10.1. The number of aldehydes is 1. The molecule has 0 aliphatic rings. The zero-order valence-electron chi connectivity index (χ0n) is 8.83. The van der Waals surface area contributed by atoms with Crippen molar-refractivity contribution < 1.29 is 13.9 Å². The third-order valence-electron chi connectivity index (χ3n) is 2.22. The minimum atomic E-state index is -0.464. The molecule has 88 valence electrons. The van der Waals surface area contributed by atoms with Crippen LogP contribution in [0.15, 0.2) is 22.8 Å². The summed E-state index contributed by atoms with van der Waals surface area (Å²) in [6, 6.07) is 4.47. The molecule has 0 saturated carbocycles. The van der Waals surface area contributed by atoms with Crippen LogP contribution in [0.2, 0.25) is 0 Å². The summed E-state index contributed by atoms with van der Waals surface area (Å²) in [6.45, 7) is 0. The fourth-order valence-corrected chi connectivity index (χ4v) is 1.98. The monoisotopic (exact) mass is 298 g/mol. The number of carbonyl (C=O) groups excluding carboxylic acids is 1. The second-order valence-corrected chi connectivity index (χ2v) is 4.01. The van der Waals surface area contributed by atoms with E-state index in [0.717, 1.165) is 0 Å². The highest BCUT2D eigenvalue weighted by atomic mass is 79.9. The number of aromatic amines is 1. The van der Waals surface area contributed by atoms with Crippen LogP contribution in [0.5, 0.6) is 5.75 Å². The average Bonchev–Trinajstić information content (AvgIpc) is 2.70. The number of rotatable bonds is 3. The quantitative estimate of drug-likeness (QED) is 0.887. The van der Waals surface area contributed by atoms with Crippen LogP contribution in [0.4, 0.5) is 4.39 Å². The smallest absolute Gasteiger partial charge is 0.185 e. The van der Waals surface area contributed by atoms with Gasteiger partial charge >= 0.3 is 0 Å². The third-order valence-corrected chi connectivity index (χ3v) is 2.80.